The van der Waals surface area contributed by atoms with E-state index < -0.39 is 36.6 Å². The number of hydrogen-bond donors (Lipinski definition) is 3. The number of nitrogens with zero attached hydrogens (tertiary/aromatic N) is 2. The molecule has 3 heterocycles. The Balaban J connectivity index is 1.48. The first-order chi connectivity index (χ1) is 12.1. The van der Waals surface area contributed by atoms with E-state index in [1.54, 1.807) is 47.6 Å². The van der Waals surface area contributed by atoms with Gasteiger partial charge in [0.2, 0.25) is 0 Å². The third kappa shape index (κ3) is 3.21. The van der Waals surface area contributed by atoms with Crippen molar-refractivity contribution in [1.29, 1.82) is 0 Å². The second-order valence-corrected chi connectivity index (χ2v) is 6.44. The van der Waals surface area contributed by atoms with Crippen LogP contribution in [0.4, 0.5) is 10.5 Å². The standard InChI is InChI=1S/C16H17ClN4O4/c17-9-2-1-3-10(6-9)19-16(23)20-12-11-7-24-15(25-11)13(14(12)22)21-5-4-18-8-21/h1-6,8,11-15,22H,7H2,(H2,19,20,23)/t11-,12-,13-,14+,15-/m1/s1. The number of urea groups is 1. The van der Waals surface area contributed by atoms with Crippen molar-refractivity contribution in [3.8, 4) is 0 Å². The molecule has 1 aromatic heterocycles. The molecule has 3 N–H and O–H groups in total. The molecule has 1 aromatic carbocycles. The van der Waals surface area contributed by atoms with Crippen molar-refractivity contribution in [2.75, 3.05) is 11.9 Å². The number of anilines is 1. The third-order valence-electron chi connectivity index (χ3n) is 4.38. The molecule has 0 spiro atoms. The lowest BCUT2D eigenvalue weighted by Gasteiger charge is -2.38. The first kappa shape index (κ1) is 16.3. The van der Waals surface area contributed by atoms with Gasteiger partial charge in [0.25, 0.3) is 0 Å². The Morgan fingerprint density at radius 1 is 1.44 bits per heavy atom. The number of ether oxygens (including phenoxy) is 2. The van der Waals surface area contributed by atoms with Gasteiger partial charge in [0.05, 0.1) is 19.0 Å². The molecule has 2 bridgehead atoms. The summed E-state index contributed by atoms with van der Waals surface area (Å²) in [4.78, 5) is 16.3. The summed E-state index contributed by atoms with van der Waals surface area (Å²) in [7, 11) is 0. The normalized spacial score (nSPS) is 30.9. The van der Waals surface area contributed by atoms with E-state index in [4.69, 9.17) is 21.1 Å². The summed E-state index contributed by atoms with van der Waals surface area (Å²) in [6, 6.07) is 5.25. The average Bonchev–Trinajstić information content (AvgIpc) is 3.23. The van der Waals surface area contributed by atoms with Gasteiger partial charge < -0.3 is 29.8 Å². The Bertz CT molecular complexity index is 756. The molecule has 0 radical (unpaired) electrons. The van der Waals surface area contributed by atoms with Crippen LogP contribution in [0.2, 0.25) is 5.02 Å². The zero-order chi connectivity index (χ0) is 17.4. The Morgan fingerprint density at radius 3 is 3.08 bits per heavy atom. The molecule has 2 fully saturated rings. The van der Waals surface area contributed by atoms with Crippen LogP contribution in [0, 0.1) is 0 Å². The molecule has 2 aromatic rings. The van der Waals surface area contributed by atoms with Crippen molar-refractivity contribution < 1.29 is 19.4 Å². The molecule has 4 rings (SSSR count). The average molecular weight is 365 g/mol. The summed E-state index contributed by atoms with van der Waals surface area (Å²) in [6.45, 7) is 0.301. The molecule has 2 aliphatic rings. The van der Waals surface area contributed by atoms with Gasteiger partial charge in [-0.1, -0.05) is 17.7 Å². The molecule has 25 heavy (non-hydrogen) atoms. The number of aliphatic hydroxyl groups excluding tert-OH is 1. The number of imidazole rings is 1. The van der Waals surface area contributed by atoms with E-state index in [9.17, 15) is 9.90 Å². The van der Waals surface area contributed by atoms with Gasteiger partial charge in [0.1, 0.15) is 18.2 Å². The van der Waals surface area contributed by atoms with Crippen molar-refractivity contribution in [3.05, 3.63) is 48.0 Å². The number of fused-ring (bicyclic) bond motifs is 2. The Labute approximate surface area is 148 Å². The minimum Gasteiger partial charge on any atom is -0.388 e. The zero-order valence-corrected chi connectivity index (χ0v) is 13.8. The van der Waals surface area contributed by atoms with Crippen LogP contribution in [0.3, 0.4) is 0 Å². The van der Waals surface area contributed by atoms with Crippen molar-refractivity contribution in [2.24, 2.45) is 0 Å². The predicted octanol–water partition coefficient (Wildman–Crippen LogP) is 1.38. The molecular formula is C16H17ClN4O4. The van der Waals surface area contributed by atoms with Gasteiger partial charge in [-0.15, -0.1) is 0 Å². The molecule has 0 saturated carbocycles. The number of carbonyl (C=O) groups is 1. The summed E-state index contributed by atoms with van der Waals surface area (Å²) < 4.78 is 13.1. The Hall–Kier alpha value is -2.13. The lowest BCUT2D eigenvalue weighted by molar-refractivity contribution is -0.163. The lowest BCUT2D eigenvalue weighted by atomic mass is 9.96. The van der Waals surface area contributed by atoms with Gasteiger partial charge >= 0.3 is 6.03 Å². The van der Waals surface area contributed by atoms with Crippen molar-refractivity contribution in [1.82, 2.24) is 14.9 Å². The molecule has 2 amide bonds. The largest absolute Gasteiger partial charge is 0.388 e. The Kier molecular flexibility index (Phi) is 4.34. The molecule has 0 aliphatic carbocycles. The molecule has 132 valence electrons. The zero-order valence-electron chi connectivity index (χ0n) is 13.1. The summed E-state index contributed by atoms with van der Waals surface area (Å²) in [5.74, 6) is 0. The van der Waals surface area contributed by atoms with E-state index in [0.29, 0.717) is 17.3 Å². The molecule has 5 atom stereocenters. The summed E-state index contributed by atoms with van der Waals surface area (Å²) in [5.41, 5.74) is 0.558. The maximum Gasteiger partial charge on any atom is 0.319 e. The van der Waals surface area contributed by atoms with Gasteiger partial charge in [0, 0.05) is 23.1 Å². The van der Waals surface area contributed by atoms with Gasteiger partial charge in [-0.2, -0.15) is 0 Å². The van der Waals surface area contributed by atoms with E-state index in [-0.39, 0.29) is 0 Å². The molecular weight excluding hydrogens is 348 g/mol. The van der Waals surface area contributed by atoms with Crippen LogP contribution in [0.5, 0.6) is 0 Å². The van der Waals surface area contributed by atoms with Crippen LogP contribution in [0.25, 0.3) is 0 Å². The summed E-state index contributed by atoms with van der Waals surface area (Å²) >= 11 is 5.91. The molecule has 8 nitrogen and oxygen atoms in total. The number of aromatic nitrogens is 2. The minimum absolute atomic E-state index is 0.301. The van der Waals surface area contributed by atoms with Crippen molar-refractivity contribution >= 4 is 23.3 Å². The number of nitrogens with one attached hydrogen (secondary N) is 2. The second-order valence-electron chi connectivity index (χ2n) is 6.00. The van der Waals surface area contributed by atoms with E-state index in [1.807, 2.05) is 0 Å². The fourth-order valence-electron chi connectivity index (χ4n) is 3.23. The molecule has 9 heteroatoms. The maximum atomic E-state index is 12.3. The van der Waals surface area contributed by atoms with E-state index in [1.165, 1.54) is 0 Å². The van der Waals surface area contributed by atoms with Crippen LogP contribution in [0.1, 0.15) is 6.04 Å². The van der Waals surface area contributed by atoms with Gasteiger partial charge in [-0.3, -0.25) is 0 Å². The highest BCUT2D eigenvalue weighted by atomic mass is 35.5. The van der Waals surface area contributed by atoms with Crippen LogP contribution < -0.4 is 10.6 Å². The predicted molar refractivity (Wildman–Crippen MR) is 89.3 cm³/mol. The molecule has 2 aliphatic heterocycles. The van der Waals surface area contributed by atoms with Crippen LogP contribution in [-0.4, -0.2) is 51.8 Å². The molecule has 2 saturated heterocycles. The fourth-order valence-corrected chi connectivity index (χ4v) is 3.42. The fraction of sp³-hybridized carbons (Fsp3) is 0.375. The van der Waals surface area contributed by atoms with Crippen molar-refractivity contribution in [2.45, 2.75) is 30.6 Å². The number of rotatable bonds is 3. The van der Waals surface area contributed by atoms with Gasteiger partial charge in [0.15, 0.2) is 6.29 Å². The smallest absolute Gasteiger partial charge is 0.319 e. The highest BCUT2D eigenvalue weighted by Gasteiger charge is 2.51. The quantitative estimate of drug-likeness (QED) is 0.764. The number of halogens is 1. The van der Waals surface area contributed by atoms with Gasteiger partial charge in [-0.05, 0) is 18.2 Å². The van der Waals surface area contributed by atoms with Gasteiger partial charge in [-0.25, -0.2) is 9.78 Å². The van der Waals surface area contributed by atoms with Crippen LogP contribution >= 0.6 is 11.6 Å². The second kappa shape index (κ2) is 6.64. The van der Waals surface area contributed by atoms with Crippen LogP contribution in [0.15, 0.2) is 43.0 Å². The van der Waals surface area contributed by atoms with E-state index in [0.717, 1.165) is 0 Å². The minimum atomic E-state index is -0.884. The summed E-state index contributed by atoms with van der Waals surface area (Å²) in [5, 5.41) is 16.8. The number of benzene rings is 1. The number of amides is 2. The monoisotopic (exact) mass is 364 g/mol. The molecule has 0 unspecified atom stereocenters. The maximum absolute atomic E-state index is 12.3. The lowest BCUT2D eigenvalue weighted by Crippen LogP contribution is -2.59. The number of aliphatic hydroxyl groups is 1. The summed E-state index contributed by atoms with van der Waals surface area (Å²) in [6.07, 6.45) is 3.06. The SMILES string of the molecule is O=C(Nc1cccc(Cl)c1)N[C@H]1[C@H](O)[C@@H](n2ccnc2)[C@@H]2OC[C@H]1O2. The third-order valence-corrected chi connectivity index (χ3v) is 4.62. The van der Waals surface area contributed by atoms with Crippen LogP contribution in [-0.2, 0) is 9.47 Å². The highest BCUT2D eigenvalue weighted by Crippen LogP contribution is 2.35. The topological polar surface area (TPSA) is 97.6 Å². The van der Waals surface area contributed by atoms with E-state index in [2.05, 4.69) is 15.6 Å². The van der Waals surface area contributed by atoms with E-state index >= 15 is 0 Å². The number of carbonyl (C=O) groups excluding carboxylic acids is 1. The number of hydrogen-bond acceptors (Lipinski definition) is 5. The first-order valence-electron chi connectivity index (χ1n) is 7.87. The van der Waals surface area contributed by atoms with Crippen molar-refractivity contribution in [3.63, 3.8) is 0 Å². The first-order valence-corrected chi connectivity index (χ1v) is 8.25. The highest BCUT2D eigenvalue weighted by molar-refractivity contribution is 6.30. The Morgan fingerprint density at radius 2 is 2.32 bits per heavy atom.